The largest absolute Gasteiger partial charge is 0.496 e. The molecule has 120 valence electrons. The Morgan fingerprint density at radius 3 is 2.00 bits per heavy atom. The third-order valence-electron chi connectivity index (χ3n) is 2.49. The first kappa shape index (κ1) is 17.9. The molecular weight excluding hydrogens is 329 g/mol. The maximum absolute atomic E-state index is 13.5. The molecule has 0 fully saturated rings. The molecule has 0 radical (unpaired) electrons. The molecule has 0 spiro atoms. The van der Waals surface area contributed by atoms with Crippen LogP contribution in [0.3, 0.4) is 0 Å². The van der Waals surface area contributed by atoms with E-state index >= 15 is 0 Å². The fourth-order valence-corrected chi connectivity index (χ4v) is 1.44. The van der Waals surface area contributed by atoms with Gasteiger partial charge in [-0.1, -0.05) is 6.07 Å². The molecule has 0 N–H and O–H groups in total. The van der Waals surface area contributed by atoms with Gasteiger partial charge in [0.1, 0.15) is 11.6 Å². The number of methoxy groups -OCH3 is 1. The molecule has 0 atom stereocenters. The molecule has 1 aromatic carbocycles. The van der Waals surface area contributed by atoms with Gasteiger partial charge in [0.2, 0.25) is 0 Å². The number of hydrogen-bond donors (Lipinski definition) is 1. The third kappa shape index (κ3) is 3.54. The summed E-state index contributed by atoms with van der Waals surface area (Å²) in [5.74, 6) is -1.30. The monoisotopic (exact) mass is 338 g/mol. The highest BCUT2D eigenvalue weighted by molar-refractivity contribution is 7.81. The van der Waals surface area contributed by atoms with Gasteiger partial charge in [0.05, 0.1) is 19.3 Å². The van der Waals surface area contributed by atoms with E-state index in [0.29, 0.717) is 0 Å². The van der Waals surface area contributed by atoms with Crippen LogP contribution in [0.25, 0.3) is 0 Å². The van der Waals surface area contributed by atoms with Crippen LogP contribution in [0.4, 0.5) is 30.7 Å². The minimum absolute atomic E-state index is 0.241. The lowest BCUT2D eigenvalue weighted by molar-refractivity contribution is -0.342. The van der Waals surface area contributed by atoms with Crippen LogP contribution >= 0.6 is 12.6 Å². The van der Waals surface area contributed by atoms with Crippen LogP contribution in [0, 0.1) is 5.82 Å². The van der Waals surface area contributed by atoms with Gasteiger partial charge in [-0.15, -0.1) is 12.6 Å². The molecule has 10 heteroatoms. The van der Waals surface area contributed by atoms with Gasteiger partial charge in [0.25, 0.3) is 0 Å². The van der Waals surface area contributed by atoms with Crippen LogP contribution in [0.2, 0.25) is 0 Å². The summed E-state index contributed by atoms with van der Waals surface area (Å²) in [5, 5.41) is 0. The second kappa shape index (κ2) is 5.91. The predicted molar refractivity (Wildman–Crippen MR) is 61.6 cm³/mol. The van der Waals surface area contributed by atoms with Crippen LogP contribution in [-0.4, -0.2) is 24.4 Å². The molecule has 0 aliphatic carbocycles. The molecule has 0 aliphatic heterocycles. The third-order valence-corrected chi connectivity index (χ3v) is 3.13. The van der Waals surface area contributed by atoms with E-state index in [2.05, 4.69) is 22.1 Å². The molecule has 0 unspecified atom stereocenters. The quantitative estimate of drug-likeness (QED) is 0.506. The zero-order valence-corrected chi connectivity index (χ0v) is 11.2. The van der Waals surface area contributed by atoms with E-state index in [1.165, 1.54) is 12.1 Å². The lowest BCUT2D eigenvalue weighted by atomic mass is 10.2. The van der Waals surface area contributed by atoms with Gasteiger partial charge >= 0.3 is 17.3 Å². The summed E-state index contributed by atoms with van der Waals surface area (Å²) in [5.41, 5.74) is -0.577. The molecule has 1 rings (SSSR count). The van der Waals surface area contributed by atoms with E-state index in [4.69, 9.17) is 0 Å². The van der Waals surface area contributed by atoms with Crippen LogP contribution in [-0.2, 0) is 11.3 Å². The molecule has 2 nitrogen and oxygen atoms in total. The highest BCUT2D eigenvalue weighted by atomic mass is 32.1. The maximum atomic E-state index is 13.5. The molecule has 0 bridgehead atoms. The molecule has 0 aromatic heterocycles. The van der Waals surface area contributed by atoms with Crippen molar-refractivity contribution in [3.05, 3.63) is 29.6 Å². The van der Waals surface area contributed by atoms with E-state index in [0.717, 1.165) is 13.2 Å². The number of rotatable bonds is 4. The number of benzene rings is 1. The summed E-state index contributed by atoms with van der Waals surface area (Å²) in [6, 6.07) is 3.20. The minimum atomic E-state index is -5.84. The molecule has 21 heavy (non-hydrogen) atoms. The summed E-state index contributed by atoms with van der Waals surface area (Å²) < 4.78 is 97.2. The Morgan fingerprint density at radius 1 is 1.05 bits per heavy atom. The van der Waals surface area contributed by atoms with Crippen molar-refractivity contribution in [1.29, 1.82) is 0 Å². The van der Waals surface area contributed by atoms with Crippen molar-refractivity contribution in [2.24, 2.45) is 0 Å². The van der Waals surface area contributed by atoms with Gasteiger partial charge in [-0.2, -0.15) is 26.3 Å². The predicted octanol–water partition coefficient (Wildman–Crippen LogP) is 4.10. The standard InChI is InChI=1S/C11H9F7O2S/c1-19-8-4-2-3-7(12)6(8)5-20-9(21,10(13,14)15)11(16,17)18/h2-4,21H,5H2,1H3. The Hall–Kier alpha value is -1.16. The van der Waals surface area contributed by atoms with Crippen molar-refractivity contribution >= 4 is 12.6 Å². The van der Waals surface area contributed by atoms with Gasteiger partial charge in [-0.05, 0) is 12.1 Å². The van der Waals surface area contributed by atoms with Crippen molar-refractivity contribution in [3.8, 4) is 5.75 Å². The zero-order chi connectivity index (χ0) is 16.5. The van der Waals surface area contributed by atoms with E-state index < -0.39 is 35.3 Å². The molecule has 0 saturated heterocycles. The van der Waals surface area contributed by atoms with Crippen molar-refractivity contribution in [2.75, 3.05) is 7.11 Å². The number of hydrogen-bond acceptors (Lipinski definition) is 3. The lowest BCUT2D eigenvalue weighted by Gasteiger charge is -2.32. The first-order valence-electron chi connectivity index (χ1n) is 5.25. The fourth-order valence-electron chi connectivity index (χ4n) is 1.37. The molecular formula is C11H9F7O2S. The topological polar surface area (TPSA) is 18.5 Å². The van der Waals surface area contributed by atoms with Gasteiger partial charge in [0, 0.05) is 0 Å². The molecule has 0 aliphatic rings. The summed E-state index contributed by atoms with van der Waals surface area (Å²) in [7, 11) is 1.08. The van der Waals surface area contributed by atoms with Crippen LogP contribution in [0.15, 0.2) is 18.2 Å². The van der Waals surface area contributed by atoms with E-state index in [9.17, 15) is 30.7 Å². The van der Waals surface area contributed by atoms with Crippen LogP contribution < -0.4 is 4.74 Å². The second-order valence-electron chi connectivity index (χ2n) is 3.85. The summed E-state index contributed by atoms with van der Waals surface area (Å²) in [4.78, 5) is -4.71. The minimum Gasteiger partial charge on any atom is -0.496 e. The smallest absolute Gasteiger partial charge is 0.436 e. The summed E-state index contributed by atoms with van der Waals surface area (Å²) in [6.45, 7) is -1.32. The molecule has 0 heterocycles. The van der Waals surface area contributed by atoms with E-state index in [1.807, 2.05) is 0 Å². The highest BCUT2D eigenvalue weighted by Gasteiger charge is 2.70. The van der Waals surface area contributed by atoms with Gasteiger partial charge in [-0.3, -0.25) is 0 Å². The van der Waals surface area contributed by atoms with Gasteiger partial charge in [-0.25, -0.2) is 4.39 Å². The highest BCUT2D eigenvalue weighted by Crippen LogP contribution is 2.49. The SMILES string of the molecule is COc1cccc(F)c1COC(S)(C(F)(F)F)C(F)(F)F. The van der Waals surface area contributed by atoms with Gasteiger partial charge in [0.15, 0.2) is 0 Å². The first-order valence-corrected chi connectivity index (χ1v) is 5.70. The zero-order valence-electron chi connectivity index (χ0n) is 10.3. The maximum Gasteiger partial charge on any atom is 0.436 e. The van der Waals surface area contributed by atoms with Gasteiger partial charge < -0.3 is 9.47 Å². The summed E-state index contributed by atoms with van der Waals surface area (Å²) in [6.07, 6.45) is -11.7. The Kier molecular flexibility index (Phi) is 5.04. The van der Waals surface area contributed by atoms with Crippen molar-refractivity contribution in [1.82, 2.24) is 0 Å². The summed E-state index contributed by atoms with van der Waals surface area (Å²) >= 11 is 2.57. The van der Waals surface area contributed by atoms with Crippen molar-refractivity contribution in [2.45, 2.75) is 23.9 Å². The average Bonchev–Trinajstić information content (AvgIpc) is 2.33. The normalized spacial score (nSPS) is 13.4. The Balaban J connectivity index is 3.10. The van der Waals surface area contributed by atoms with Crippen molar-refractivity contribution < 1.29 is 40.2 Å². The average molecular weight is 338 g/mol. The lowest BCUT2D eigenvalue weighted by Crippen LogP contribution is -2.54. The molecule has 1 aromatic rings. The number of halogens is 7. The Morgan fingerprint density at radius 2 is 1.57 bits per heavy atom. The van der Waals surface area contributed by atoms with Crippen molar-refractivity contribution in [3.63, 3.8) is 0 Å². The van der Waals surface area contributed by atoms with Crippen LogP contribution in [0.5, 0.6) is 5.75 Å². The Labute approximate surface area is 120 Å². The van der Waals surface area contributed by atoms with E-state index in [1.54, 1.807) is 0 Å². The number of ether oxygens (including phenoxy) is 2. The van der Waals surface area contributed by atoms with E-state index in [-0.39, 0.29) is 5.75 Å². The second-order valence-corrected chi connectivity index (χ2v) is 4.48. The molecule has 0 amide bonds. The molecule has 0 saturated carbocycles. The Bertz CT molecular complexity index is 484. The number of thiol groups is 1. The fraction of sp³-hybridized carbons (Fsp3) is 0.455. The van der Waals surface area contributed by atoms with Crippen LogP contribution in [0.1, 0.15) is 5.56 Å². The first-order chi connectivity index (χ1) is 9.44. The number of alkyl halides is 6.